The van der Waals surface area contributed by atoms with E-state index >= 15 is 0 Å². The van der Waals surface area contributed by atoms with Crippen LogP contribution < -0.4 is 10.5 Å². The van der Waals surface area contributed by atoms with Crippen LogP contribution in [-0.4, -0.2) is 18.4 Å². The molecule has 7 heteroatoms. The summed E-state index contributed by atoms with van der Waals surface area (Å²) in [4.78, 5) is 10.5. The summed E-state index contributed by atoms with van der Waals surface area (Å²) < 4.78 is 47.1. The van der Waals surface area contributed by atoms with Gasteiger partial charge >= 0.3 is 12.3 Å². The van der Waals surface area contributed by atoms with Gasteiger partial charge in [0.05, 0.1) is 0 Å². The SMILES string of the molecule is NC(=O)OCc1ccc2c(c1)CCC(C(F)(F)F)O2. The Balaban J connectivity index is 2.10. The van der Waals surface area contributed by atoms with Crippen molar-refractivity contribution < 1.29 is 27.4 Å². The van der Waals surface area contributed by atoms with Crippen molar-refractivity contribution in [1.82, 2.24) is 0 Å². The third-order valence-corrected chi connectivity index (χ3v) is 2.82. The summed E-state index contributed by atoms with van der Waals surface area (Å²) in [6.07, 6.45) is -6.86. The van der Waals surface area contributed by atoms with Crippen molar-refractivity contribution in [2.24, 2.45) is 5.73 Å². The zero-order chi connectivity index (χ0) is 14.0. The largest absolute Gasteiger partial charge is 0.481 e. The van der Waals surface area contributed by atoms with Gasteiger partial charge in [0, 0.05) is 0 Å². The monoisotopic (exact) mass is 275 g/mol. The van der Waals surface area contributed by atoms with Crippen LogP contribution in [0.15, 0.2) is 18.2 Å². The number of ether oxygens (including phenoxy) is 2. The van der Waals surface area contributed by atoms with Gasteiger partial charge in [0.1, 0.15) is 12.4 Å². The predicted octanol–water partition coefficient (Wildman–Crippen LogP) is 2.54. The van der Waals surface area contributed by atoms with Gasteiger partial charge in [-0.1, -0.05) is 6.07 Å². The van der Waals surface area contributed by atoms with E-state index in [0.29, 0.717) is 11.1 Å². The molecule has 4 nitrogen and oxygen atoms in total. The molecule has 1 amide bonds. The van der Waals surface area contributed by atoms with Gasteiger partial charge in [0.15, 0.2) is 6.10 Å². The highest BCUT2D eigenvalue weighted by molar-refractivity contribution is 5.64. The van der Waals surface area contributed by atoms with Crippen molar-refractivity contribution in [1.29, 1.82) is 0 Å². The van der Waals surface area contributed by atoms with Gasteiger partial charge in [-0.05, 0) is 36.1 Å². The van der Waals surface area contributed by atoms with Crippen molar-refractivity contribution in [3.63, 3.8) is 0 Å². The third-order valence-electron chi connectivity index (χ3n) is 2.82. The van der Waals surface area contributed by atoms with Gasteiger partial charge in [0.25, 0.3) is 0 Å². The first-order valence-electron chi connectivity index (χ1n) is 5.63. The number of alkyl halides is 3. The summed E-state index contributed by atoms with van der Waals surface area (Å²) in [6, 6.07) is 4.65. The number of amides is 1. The minimum atomic E-state index is -4.36. The second-order valence-corrected chi connectivity index (χ2v) is 4.24. The summed E-state index contributed by atoms with van der Waals surface area (Å²) in [5, 5.41) is 0. The lowest BCUT2D eigenvalue weighted by molar-refractivity contribution is -0.199. The maximum absolute atomic E-state index is 12.5. The quantitative estimate of drug-likeness (QED) is 0.902. The number of primary amides is 1. The molecule has 0 aromatic heterocycles. The van der Waals surface area contributed by atoms with E-state index in [1.807, 2.05) is 0 Å². The van der Waals surface area contributed by atoms with E-state index in [9.17, 15) is 18.0 Å². The van der Waals surface area contributed by atoms with Crippen LogP contribution >= 0.6 is 0 Å². The second kappa shape index (κ2) is 4.99. The Labute approximate surface area is 107 Å². The highest BCUT2D eigenvalue weighted by Gasteiger charge is 2.43. The van der Waals surface area contributed by atoms with Crippen LogP contribution in [0.5, 0.6) is 5.75 Å². The Hall–Kier alpha value is -1.92. The van der Waals surface area contributed by atoms with Gasteiger partial charge < -0.3 is 15.2 Å². The Morgan fingerprint density at radius 3 is 2.84 bits per heavy atom. The Bertz CT molecular complexity index is 488. The fourth-order valence-electron chi connectivity index (χ4n) is 1.92. The molecule has 1 heterocycles. The standard InChI is InChI=1S/C12H12F3NO3/c13-12(14,15)10-4-2-8-5-7(6-18-11(16)17)1-3-9(8)19-10/h1,3,5,10H,2,4,6H2,(H2,16,17). The number of nitrogens with two attached hydrogens (primary N) is 1. The minimum Gasteiger partial charge on any atom is -0.481 e. The second-order valence-electron chi connectivity index (χ2n) is 4.24. The molecular formula is C12H12F3NO3. The van der Waals surface area contributed by atoms with Crippen LogP contribution in [0.1, 0.15) is 17.5 Å². The lowest BCUT2D eigenvalue weighted by Crippen LogP contribution is -2.37. The molecule has 104 valence electrons. The number of benzene rings is 1. The molecule has 1 aliphatic heterocycles. The molecule has 1 aromatic carbocycles. The molecule has 1 atom stereocenters. The molecule has 0 saturated heterocycles. The maximum atomic E-state index is 12.5. The molecule has 0 radical (unpaired) electrons. The number of halogens is 3. The van der Waals surface area contributed by atoms with Crippen molar-refractivity contribution in [3.05, 3.63) is 29.3 Å². The number of fused-ring (bicyclic) bond motifs is 1. The molecule has 0 fully saturated rings. The fourth-order valence-corrected chi connectivity index (χ4v) is 1.92. The molecule has 2 rings (SSSR count). The van der Waals surface area contributed by atoms with E-state index in [1.165, 1.54) is 6.07 Å². The average Bonchev–Trinajstić information content (AvgIpc) is 2.34. The van der Waals surface area contributed by atoms with Crippen molar-refractivity contribution in [3.8, 4) is 5.75 Å². The van der Waals surface area contributed by atoms with Gasteiger partial charge in [-0.3, -0.25) is 0 Å². The van der Waals surface area contributed by atoms with Gasteiger partial charge in [0.2, 0.25) is 0 Å². The number of hydrogen-bond donors (Lipinski definition) is 1. The highest BCUT2D eigenvalue weighted by atomic mass is 19.4. The molecule has 0 bridgehead atoms. The van der Waals surface area contributed by atoms with E-state index in [2.05, 4.69) is 4.74 Å². The van der Waals surface area contributed by atoms with Crippen LogP contribution in [0, 0.1) is 0 Å². The van der Waals surface area contributed by atoms with Crippen LogP contribution in [0.3, 0.4) is 0 Å². The van der Waals surface area contributed by atoms with Gasteiger partial charge in [-0.2, -0.15) is 13.2 Å². The number of carbonyl (C=O) groups excluding carboxylic acids is 1. The fraction of sp³-hybridized carbons (Fsp3) is 0.417. The van der Waals surface area contributed by atoms with Gasteiger partial charge in [-0.25, -0.2) is 4.79 Å². The predicted molar refractivity (Wildman–Crippen MR) is 59.6 cm³/mol. The van der Waals surface area contributed by atoms with Crippen LogP contribution in [0.2, 0.25) is 0 Å². The number of carbonyl (C=O) groups is 1. The summed E-state index contributed by atoms with van der Waals surface area (Å²) in [6.45, 7) is -0.00862. The molecule has 1 aliphatic rings. The Kier molecular flexibility index (Phi) is 3.55. The first-order chi connectivity index (χ1) is 8.86. The molecule has 19 heavy (non-hydrogen) atoms. The summed E-state index contributed by atoms with van der Waals surface area (Å²) in [5.41, 5.74) is 6.16. The molecule has 2 N–H and O–H groups in total. The lowest BCUT2D eigenvalue weighted by Gasteiger charge is -2.27. The van der Waals surface area contributed by atoms with E-state index in [4.69, 9.17) is 10.5 Å². The van der Waals surface area contributed by atoms with Crippen LogP contribution in [-0.2, 0) is 17.8 Å². The molecular weight excluding hydrogens is 263 g/mol. The van der Waals surface area contributed by atoms with Gasteiger partial charge in [-0.15, -0.1) is 0 Å². The topological polar surface area (TPSA) is 61.6 Å². The van der Waals surface area contributed by atoms with Crippen LogP contribution in [0.25, 0.3) is 0 Å². The average molecular weight is 275 g/mol. The molecule has 0 saturated carbocycles. The molecule has 1 unspecified atom stereocenters. The normalized spacial score (nSPS) is 18.4. The Morgan fingerprint density at radius 1 is 1.47 bits per heavy atom. The minimum absolute atomic E-state index is 0.00862. The highest BCUT2D eigenvalue weighted by Crippen LogP contribution is 2.35. The van der Waals surface area contributed by atoms with Crippen molar-refractivity contribution >= 4 is 6.09 Å². The van der Waals surface area contributed by atoms with E-state index < -0.39 is 18.4 Å². The smallest absolute Gasteiger partial charge is 0.425 e. The zero-order valence-corrected chi connectivity index (χ0v) is 9.87. The number of aryl methyl sites for hydroxylation is 1. The van der Waals surface area contributed by atoms with Crippen molar-refractivity contribution in [2.45, 2.75) is 31.7 Å². The zero-order valence-electron chi connectivity index (χ0n) is 9.87. The molecule has 0 spiro atoms. The first kappa shape index (κ1) is 13.5. The number of hydrogen-bond acceptors (Lipinski definition) is 3. The molecule has 1 aromatic rings. The lowest BCUT2D eigenvalue weighted by atomic mass is 10.00. The first-order valence-corrected chi connectivity index (χ1v) is 5.63. The van der Waals surface area contributed by atoms with E-state index in [0.717, 1.165) is 0 Å². The van der Waals surface area contributed by atoms with Crippen molar-refractivity contribution in [2.75, 3.05) is 0 Å². The number of rotatable bonds is 2. The third kappa shape index (κ3) is 3.30. The maximum Gasteiger partial charge on any atom is 0.425 e. The van der Waals surface area contributed by atoms with E-state index in [-0.39, 0.29) is 25.2 Å². The Morgan fingerprint density at radius 2 is 2.21 bits per heavy atom. The summed E-state index contributed by atoms with van der Waals surface area (Å²) >= 11 is 0. The summed E-state index contributed by atoms with van der Waals surface area (Å²) in [7, 11) is 0. The molecule has 0 aliphatic carbocycles. The van der Waals surface area contributed by atoms with Crippen LogP contribution in [0.4, 0.5) is 18.0 Å². The van der Waals surface area contributed by atoms with E-state index in [1.54, 1.807) is 12.1 Å². The summed E-state index contributed by atoms with van der Waals surface area (Å²) in [5.74, 6) is 0.219.